The predicted molar refractivity (Wildman–Crippen MR) is 202 cm³/mol. The van der Waals surface area contributed by atoms with E-state index in [1.807, 2.05) is 56.0 Å². The molecule has 280 valence electrons. The van der Waals surface area contributed by atoms with E-state index in [1.165, 1.54) is 6.20 Å². The topological polar surface area (TPSA) is 154 Å². The maximum Gasteiger partial charge on any atom is 0.408 e. The second-order valence-electron chi connectivity index (χ2n) is 15.6. The lowest BCUT2D eigenvalue weighted by atomic mass is 9.79. The van der Waals surface area contributed by atoms with Crippen molar-refractivity contribution in [2.24, 2.45) is 0 Å². The van der Waals surface area contributed by atoms with Gasteiger partial charge in [-0.15, -0.1) is 0 Å². The Labute approximate surface area is 311 Å². The van der Waals surface area contributed by atoms with Crippen molar-refractivity contribution in [2.75, 3.05) is 32.0 Å². The molecule has 3 amide bonds. The van der Waals surface area contributed by atoms with Crippen molar-refractivity contribution < 1.29 is 29.0 Å². The predicted octanol–water partition coefficient (Wildman–Crippen LogP) is 5.58. The Kier molecular flexibility index (Phi) is 11.0. The van der Waals surface area contributed by atoms with Gasteiger partial charge < -0.3 is 30.3 Å². The monoisotopic (exact) mass is 722 g/mol. The summed E-state index contributed by atoms with van der Waals surface area (Å²) in [5.74, 6) is -0.605. The number of carboxylic acid groups (broad SMARTS) is 1. The van der Waals surface area contributed by atoms with E-state index in [4.69, 9.17) is 4.74 Å². The van der Waals surface area contributed by atoms with Gasteiger partial charge in [0.2, 0.25) is 11.8 Å². The Hall–Kier alpha value is -5.10. The minimum atomic E-state index is -1.04. The van der Waals surface area contributed by atoms with Crippen molar-refractivity contribution in [1.29, 1.82) is 0 Å². The summed E-state index contributed by atoms with van der Waals surface area (Å²) in [5.41, 5.74) is 3.00. The van der Waals surface area contributed by atoms with E-state index in [0.717, 1.165) is 60.3 Å². The third kappa shape index (κ3) is 8.43. The van der Waals surface area contributed by atoms with Gasteiger partial charge in [-0.05, 0) is 95.8 Å². The molecule has 1 aromatic carbocycles. The van der Waals surface area contributed by atoms with Gasteiger partial charge in [0, 0.05) is 55.1 Å². The number of ether oxygens (including phenoxy) is 1. The number of piperidine rings is 1. The molecule has 12 nitrogen and oxygen atoms in total. The number of fused-ring (bicyclic) bond motifs is 3. The number of nitrogens with zero attached hydrogens (tertiary/aromatic N) is 4. The summed E-state index contributed by atoms with van der Waals surface area (Å²) in [4.78, 5) is 64.1. The van der Waals surface area contributed by atoms with Gasteiger partial charge in [0.05, 0.1) is 11.0 Å². The smallest absolute Gasteiger partial charge is 0.408 e. The van der Waals surface area contributed by atoms with Crippen molar-refractivity contribution in [2.45, 2.75) is 95.2 Å². The largest absolute Gasteiger partial charge is 0.478 e. The molecule has 3 aliphatic rings. The van der Waals surface area contributed by atoms with Crippen molar-refractivity contribution in [3.05, 3.63) is 94.4 Å². The Morgan fingerprint density at radius 2 is 1.87 bits per heavy atom. The number of aromatic nitrogens is 2. The highest BCUT2D eigenvalue weighted by Crippen LogP contribution is 2.46. The van der Waals surface area contributed by atoms with Crippen LogP contribution in [0.25, 0.3) is 6.08 Å². The van der Waals surface area contributed by atoms with Crippen LogP contribution in [0.5, 0.6) is 0 Å². The molecule has 3 aromatic rings. The summed E-state index contributed by atoms with van der Waals surface area (Å²) >= 11 is 0. The number of carboxylic acids is 1. The number of unbranched alkanes of at least 4 members (excludes halogenated alkanes) is 2. The van der Waals surface area contributed by atoms with Crippen LogP contribution in [0, 0.1) is 0 Å². The number of amides is 3. The first-order valence-electron chi connectivity index (χ1n) is 18.5. The summed E-state index contributed by atoms with van der Waals surface area (Å²) < 4.78 is 5.48. The van der Waals surface area contributed by atoms with Crippen molar-refractivity contribution >= 4 is 35.8 Å². The fourth-order valence-corrected chi connectivity index (χ4v) is 7.85. The number of carbonyl (C=O) groups excluding carboxylic acids is 3. The molecule has 2 aliphatic heterocycles. The molecular weight excluding hydrogens is 672 g/mol. The molecule has 12 heteroatoms. The van der Waals surface area contributed by atoms with Crippen molar-refractivity contribution in [1.82, 2.24) is 25.1 Å². The van der Waals surface area contributed by atoms with Crippen LogP contribution in [0.2, 0.25) is 0 Å². The van der Waals surface area contributed by atoms with E-state index in [-0.39, 0.29) is 29.3 Å². The fraction of sp³-hybridized carbons (Fsp3) is 0.463. The van der Waals surface area contributed by atoms with Crippen LogP contribution in [-0.4, -0.2) is 93.1 Å². The van der Waals surface area contributed by atoms with Gasteiger partial charge in [0.25, 0.3) is 0 Å². The molecule has 4 unspecified atom stereocenters. The summed E-state index contributed by atoms with van der Waals surface area (Å²) in [5, 5.41) is 15.2. The Morgan fingerprint density at radius 3 is 2.60 bits per heavy atom. The number of carbonyl (C=O) groups is 4. The van der Waals surface area contributed by atoms with Gasteiger partial charge in [-0.25, -0.2) is 14.6 Å². The molecule has 1 saturated heterocycles. The van der Waals surface area contributed by atoms with Crippen LogP contribution in [0.1, 0.15) is 97.6 Å². The number of alkyl carbamates (subject to hydrolysis) is 1. The van der Waals surface area contributed by atoms with Crippen molar-refractivity contribution in [3.63, 3.8) is 0 Å². The van der Waals surface area contributed by atoms with Crippen LogP contribution in [0.3, 0.4) is 0 Å². The molecule has 0 bridgehead atoms. The highest BCUT2D eigenvalue weighted by molar-refractivity contribution is 6.06. The van der Waals surface area contributed by atoms with Gasteiger partial charge in [-0.3, -0.25) is 14.6 Å². The summed E-state index contributed by atoms with van der Waals surface area (Å²) in [6.07, 6.45) is 10.7. The highest BCUT2D eigenvalue weighted by atomic mass is 16.6. The number of likely N-dealkylation sites (N-methyl/N-ethyl adjacent to an activating group) is 1. The van der Waals surface area contributed by atoms with E-state index < -0.39 is 29.1 Å². The maximum absolute atomic E-state index is 13.7. The minimum Gasteiger partial charge on any atom is -0.478 e. The third-order valence-corrected chi connectivity index (χ3v) is 10.6. The van der Waals surface area contributed by atoms with Crippen LogP contribution in [-0.2, 0) is 32.6 Å². The van der Waals surface area contributed by atoms with Crippen LogP contribution in [0.4, 0.5) is 10.6 Å². The molecule has 0 saturated carbocycles. The number of hydrogen-bond acceptors (Lipinski definition) is 8. The quantitative estimate of drug-likeness (QED) is 0.204. The lowest BCUT2D eigenvalue weighted by molar-refractivity contribution is -0.139. The zero-order valence-electron chi connectivity index (χ0n) is 31.2. The van der Waals surface area contributed by atoms with E-state index >= 15 is 0 Å². The summed E-state index contributed by atoms with van der Waals surface area (Å²) in [6, 6.07) is 13.2. The van der Waals surface area contributed by atoms with Gasteiger partial charge in [-0.1, -0.05) is 48.9 Å². The number of rotatable bonds is 12. The van der Waals surface area contributed by atoms with Crippen LogP contribution < -0.4 is 10.6 Å². The maximum atomic E-state index is 13.7. The number of hydrogen-bond donors (Lipinski definition) is 3. The molecule has 4 atom stereocenters. The van der Waals surface area contributed by atoms with E-state index in [2.05, 4.69) is 57.7 Å². The Balaban J connectivity index is 1.000. The van der Waals surface area contributed by atoms with Crippen LogP contribution >= 0.6 is 0 Å². The van der Waals surface area contributed by atoms with Gasteiger partial charge in [-0.2, -0.15) is 0 Å². The van der Waals surface area contributed by atoms with Crippen LogP contribution in [0.15, 0.2) is 60.9 Å². The number of benzene rings is 1. The highest BCUT2D eigenvalue weighted by Gasteiger charge is 2.52. The zero-order chi connectivity index (χ0) is 37.9. The van der Waals surface area contributed by atoms with Gasteiger partial charge in [0.15, 0.2) is 0 Å². The summed E-state index contributed by atoms with van der Waals surface area (Å²) in [6.45, 7) is 9.76. The third-order valence-electron chi connectivity index (χ3n) is 10.6. The van der Waals surface area contributed by atoms with E-state index in [9.17, 15) is 24.3 Å². The summed E-state index contributed by atoms with van der Waals surface area (Å²) in [7, 11) is 2.07. The molecule has 6 rings (SSSR count). The standard InChI is InChI=1S/C41H50N6O6/c1-26-31(28-14-8-6-9-15-28)21-33(44-39(52)53-40(2,3)4)36(48)47(26)18-11-7-10-16-46(5)17-12-13-27-19-32-35(43-24-27)45-38(51)41(32)22-29-20-30(37(49)50)25-42-34(29)23-41/h6,8-9,12-15,19-20,24-26,31,33H,7,10-11,16-18,21-23H2,1-5H3,(H,44,52)(H,49,50)(H,43,45,51)/b13-12+. The molecule has 1 spiro atoms. The Bertz CT molecular complexity index is 1890. The average Bonchev–Trinajstić information content (AvgIpc) is 3.62. The normalized spacial score (nSPS) is 22.3. The number of pyridine rings is 2. The molecule has 1 fully saturated rings. The molecule has 0 radical (unpaired) electrons. The van der Waals surface area contributed by atoms with Crippen molar-refractivity contribution in [3.8, 4) is 0 Å². The molecule has 4 heterocycles. The average molecular weight is 723 g/mol. The molecular formula is C41H50N6O6. The molecule has 1 aliphatic carbocycles. The first-order valence-corrected chi connectivity index (χ1v) is 18.5. The number of nitrogens with one attached hydrogen (secondary N) is 2. The van der Waals surface area contributed by atoms with Gasteiger partial charge >= 0.3 is 12.1 Å². The number of aromatic carboxylic acids is 1. The second kappa shape index (κ2) is 15.5. The second-order valence-corrected chi connectivity index (χ2v) is 15.6. The van der Waals surface area contributed by atoms with E-state index in [1.54, 1.807) is 12.3 Å². The lowest BCUT2D eigenvalue weighted by Crippen LogP contribution is -2.58. The van der Waals surface area contributed by atoms with Gasteiger partial charge in [0.1, 0.15) is 17.5 Å². The molecule has 2 aromatic heterocycles. The molecule has 53 heavy (non-hydrogen) atoms. The molecule has 3 N–H and O–H groups in total. The van der Waals surface area contributed by atoms with E-state index in [0.29, 0.717) is 31.6 Å². The Morgan fingerprint density at radius 1 is 1.09 bits per heavy atom. The zero-order valence-corrected chi connectivity index (χ0v) is 31.2. The SMILES string of the molecule is CC1C(c2ccccc2)CC(NC(=O)OC(C)(C)C)C(=O)N1CCCCCN(C)C/C=C/c1cnc2c(c1)C1(Cc3cc(C(=O)O)cnc3C1)C(=O)N2. The number of likely N-dealkylation sites (tertiary alicyclic amines) is 1. The fourth-order valence-electron chi connectivity index (χ4n) is 7.85. The minimum absolute atomic E-state index is 0.00247. The number of anilines is 1. The first-order chi connectivity index (χ1) is 25.2. The lowest BCUT2D eigenvalue weighted by Gasteiger charge is -2.43. The first kappa shape index (κ1) is 37.7.